The number of benzene rings is 2. The predicted octanol–water partition coefficient (Wildman–Crippen LogP) is 3.69. The highest BCUT2D eigenvalue weighted by molar-refractivity contribution is 6.31. The van der Waals surface area contributed by atoms with E-state index in [-0.39, 0.29) is 5.02 Å². The van der Waals surface area contributed by atoms with Crippen molar-refractivity contribution in [1.29, 1.82) is 0 Å². The van der Waals surface area contributed by atoms with Gasteiger partial charge in [-0.2, -0.15) is 0 Å². The topological polar surface area (TPSA) is 46.6 Å². The number of esters is 1. The number of carbonyl (C=O) groups is 2. The lowest BCUT2D eigenvalue weighted by atomic mass is 10.1. The fraction of sp³-hybridized carbons (Fsp3) is 0.176. The summed E-state index contributed by atoms with van der Waals surface area (Å²) in [6.07, 6.45) is 0. The summed E-state index contributed by atoms with van der Waals surface area (Å²) in [5.41, 5.74) is 0.701. The summed E-state index contributed by atoms with van der Waals surface area (Å²) in [5.74, 6) is -1.60. The normalized spacial score (nSPS) is 11.7. The standard InChI is InChI=1S/C17H15ClFNO3/c1-11(17(22)23-2)20(13-8-9-15(19)14(18)10-13)16(21)12-6-4-3-5-7-12/h3-11H,1-2H3. The number of halogens is 2. The zero-order chi connectivity index (χ0) is 17.0. The maximum atomic E-state index is 13.4. The van der Waals surface area contributed by atoms with Crippen molar-refractivity contribution in [3.05, 3.63) is 64.9 Å². The van der Waals surface area contributed by atoms with Crippen LogP contribution in [0.25, 0.3) is 0 Å². The number of rotatable bonds is 4. The summed E-state index contributed by atoms with van der Waals surface area (Å²) in [6, 6.07) is 11.4. The van der Waals surface area contributed by atoms with E-state index in [0.717, 1.165) is 6.07 Å². The Balaban J connectivity index is 2.49. The zero-order valence-electron chi connectivity index (χ0n) is 12.6. The fourth-order valence-corrected chi connectivity index (χ4v) is 2.32. The van der Waals surface area contributed by atoms with Crippen LogP contribution in [0, 0.1) is 5.82 Å². The van der Waals surface area contributed by atoms with Gasteiger partial charge in [0, 0.05) is 11.3 Å². The van der Waals surface area contributed by atoms with E-state index in [2.05, 4.69) is 0 Å². The minimum Gasteiger partial charge on any atom is -0.467 e. The molecule has 0 aliphatic carbocycles. The largest absolute Gasteiger partial charge is 0.467 e. The predicted molar refractivity (Wildman–Crippen MR) is 86.1 cm³/mol. The first-order valence-corrected chi connectivity index (χ1v) is 7.25. The van der Waals surface area contributed by atoms with E-state index in [1.807, 2.05) is 0 Å². The van der Waals surface area contributed by atoms with Crippen molar-refractivity contribution < 1.29 is 18.7 Å². The number of hydrogen-bond donors (Lipinski definition) is 0. The number of carbonyl (C=O) groups excluding carboxylic acids is 2. The van der Waals surface area contributed by atoms with Gasteiger partial charge >= 0.3 is 5.97 Å². The fourth-order valence-electron chi connectivity index (χ4n) is 2.15. The van der Waals surface area contributed by atoms with E-state index in [9.17, 15) is 14.0 Å². The summed E-state index contributed by atoms with van der Waals surface area (Å²) in [4.78, 5) is 25.9. The van der Waals surface area contributed by atoms with E-state index in [1.54, 1.807) is 30.3 Å². The Morgan fingerprint density at radius 3 is 2.39 bits per heavy atom. The maximum absolute atomic E-state index is 13.4. The SMILES string of the molecule is COC(=O)C(C)N(C(=O)c1ccccc1)c1ccc(F)c(Cl)c1. The Labute approximate surface area is 138 Å². The number of methoxy groups -OCH3 is 1. The molecular weight excluding hydrogens is 321 g/mol. The molecule has 1 unspecified atom stereocenters. The van der Waals surface area contributed by atoms with Gasteiger partial charge in [0.2, 0.25) is 0 Å². The van der Waals surface area contributed by atoms with Gasteiger partial charge in [-0.3, -0.25) is 9.69 Å². The number of hydrogen-bond acceptors (Lipinski definition) is 3. The van der Waals surface area contributed by atoms with Gasteiger partial charge in [-0.25, -0.2) is 9.18 Å². The molecule has 0 saturated heterocycles. The highest BCUT2D eigenvalue weighted by Gasteiger charge is 2.29. The van der Waals surface area contributed by atoms with Crippen molar-refractivity contribution in [2.45, 2.75) is 13.0 Å². The summed E-state index contributed by atoms with van der Waals surface area (Å²) in [5, 5.41) is -0.134. The molecule has 2 rings (SSSR count). The third-order valence-corrected chi connectivity index (χ3v) is 3.64. The number of ether oxygens (including phenoxy) is 1. The minimum atomic E-state index is -0.894. The molecule has 0 radical (unpaired) electrons. The first-order chi connectivity index (χ1) is 11.0. The molecule has 1 atom stereocenters. The van der Waals surface area contributed by atoms with Crippen LogP contribution in [0.2, 0.25) is 5.02 Å². The van der Waals surface area contributed by atoms with E-state index in [1.165, 1.54) is 31.1 Å². The number of nitrogens with zero attached hydrogens (tertiary/aromatic N) is 1. The molecule has 23 heavy (non-hydrogen) atoms. The molecule has 2 aromatic rings. The summed E-state index contributed by atoms with van der Waals surface area (Å²) in [6.45, 7) is 1.53. The van der Waals surface area contributed by atoms with Crippen LogP contribution >= 0.6 is 11.6 Å². The van der Waals surface area contributed by atoms with Crippen molar-refractivity contribution >= 4 is 29.2 Å². The highest BCUT2D eigenvalue weighted by atomic mass is 35.5. The number of anilines is 1. The molecule has 1 amide bonds. The van der Waals surface area contributed by atoms with Crippen LogP contribution in [0.5, 0.6) is 0 Å². The maximum Gasteiger partial charge on any atom is 0.328 e. The van der Waals surface area contributed by atoms with Crippen molar-refractivity contribution in [3.63, 3.8) is 0 Å². The first-order valence-electron chi connectivity index (χ1n) is 6.87. The molecule has 0 fully saturated rings. The van der Waals surface area contributed by atoms with Crippen molar-refractivity contribution in [2.24, 2.45) is 0 Å². The van der Waals surface area contributed by atoms with E-state index in [0.29, 0.717) is 11.3 Å². The molecule has 0 bridgehead atoms. The smallest absolute Gasteiger partial charge is 0.328 e. The van der Waals surface area contributed by atoms with Crippen LogP contribution in [0.4, 0.5) is 10.1 Å². The molecule has 0 spiro atoms. The summed E-state index contributed by atoms with van der Waals surface area (Å²) in [7, 11) is 1.24. The van der Waals surface area contributed by atoms with Gasteiger partial charge in [0.1, 0.15) is 11.9 Å². The Morgan fingerprint density at radius 1 is 1.17 bits per heavy atom. The van der Waals surface area contributed by atoms with Gasteiger partial charge in [0.25, 0.3) is 5.91 Å². The Bertz CT molecular complexity index is 721. The molecule has 2 aromatic carbocycles. The van der Waals surface area contributed by atoms with E-state index < -0.39 is 23.7 Å². The lowest BCUT2D eigenvalue weighted by molar-refractivity contribution is -0.141. The molecule has 0 heterocycles. The van der Waals surface area contributed by atoms with Crippen molar-refractivity contribution in [3.8, 4) is 0 Å². The summed E-state index contributed by atoms with van der Waals surface area (Å²) >= 11 is 5.80. The Hall–Kier alpha value is -2.40. The van der Waals surface area contributed by atoms with Crippen LogP contribution in [-0.2, 0) is 9.53 Å². The molecular formula is C17H15ClFNO3. The number of amides is 1. The third-order valence-electron chi connectivity index (χ3n) is 3.35. The van der Waals surface area contributed by atoms with Gasteiger partial charge in [0.05, 0.1) is 12.1 Å². The summed E-state index contributed by atoms with van der Waals surface area (Å²) < 4.78 is 18.1. The van der Waals surface area contributed by atoms with Gasteiger partial charge in [-0.1, -0.05) is 29.8 Å². The minimum absolute atomic E-state index is 0.134. The molecule has 6 heteroatoms. The average molecular weight is 336 g/mol. The highest BCUT2D eigenvalue weighted by Crippen LogP contribution is 2.26. The lowest BCUT2D eigenvalue weighted by Gasteiger charge is -2.28. The van der Waals surface area contributed by atoms with Gasteiger partial charge in [-0.15, -0.1) is 0 Å². The molecule has 0 aliphatic rings. The van der Waals surface area contributed by atoms with E-state index >= 15 is 0 Å². The van der Waals surface area contributed by atoms with Crippen LogP contribution in [0.3, 0.4) is 0 Å². The van der Waals surface area contributed by atoms with Crippen LogP contribution in [-0.4, -0.2) is 25.0 Å². The lowest BCUT2D eigenvalue weighted by Crippen LogP contribution is -2.44. The van der Waals surface area contributed by atoms with Crippen LogP contribution in [0.15, 0.2) is 48.5 Å². The van der Waals surface area contributed by atoms with E-state index in [4.69, 9.17) is 16.3 Å². The quantitative estimate of drug-likeness (QED) is 0.801. The first kappa shape index (κ1) is 17.0. The second kappa shape index (κ2) is 7.24. The average Bonchev–Trinajstić information content (AvgIpc) is 2.58. The molecule has 0 aliphatic heterocycles. The monoisotopic (exact) mass is 335 g/mol. The second-order valence-electron chi connectivity index (χ2n) is 4.84. The molecule has 4 nitrogen and oxygen atoms in total. The zero-order valence-corrected chi connectivity index (χ0v) is 13.4. The Kier molecular flexibility index (Phi) is 5.34. The second-order valence-corrected chi connectivity index (χ2v) is 5.25. The third kappa shape index (κ3) is 3.68. The molecule has 0 N–H and O–H groups in total. The van der Waals surface area contributed by atoms with Gasteiger partial charge < -0.3 is 4.74 Å². The van der Waals surface area contributed by atoms with Crippen molar-refractivity contribution in [2.75, 3.05) is 12.0 Å². The van der Waals surface area contributed by atoms with Crippen LogP contribution in [0.1, 0.15) is 17.3 Å². The van der Waals surface area contributed by atoms with Gasteiger partial charge in [0.15, 0.2) is 0 Å². The molecule has 120 valence electrons. The molecule has 0 aromatic heterocycles. The Morgan fingerprint density at radius 2 is 1.83 bits per heavy atom. The van der Waals surface area contributed by atoms with Crippen LogP contribution < -0.4 is 4.90 Å². The molecule has 0 saturated carbocycles. The van der Waals surface area contributed by atoms with Gasteiger partial charge in [-0.05, 0) is 37.3 Å². The van der Waals surface area contributed by atoms with Crippen molar-refractivity contribution in [1.82, 2.24) is 0 Å².